The highest BCUT2D eigenvalue weighted by Gasteiger charge is 1.92. The fourth-order valence-corrected chi connectivity index (χ4v) is 2.13. The van der Waals surface area contributed by atoms with Crippen LogP contribution >= 0.6 is 27.3 Å². The van der Waals surface area contributed by atoms with Crippen LogP contribution in [0, 0.1) is 0 Å². The number of halogens is 1. The minimum absolute atomic E-state index is 1.15. The van der Waals surface area contributed by atoms with E-state index in [0.29, 0.717) is 0 Å². The lowest BCUT2D eigenvalue weighted by Gasteiger charge is -1.95. The number of unbranched alkanes of at least 4 members (excludes halogenated alkanes) is 2. The molecule has 0 radical (unpaired) electrons. The van der Waals surface area contributed by atoms with E-state index in [1.165, 1.54) is 31.2 Å². The van der Waals surface area contributed by atoms with E-state index in [1.807, 2.05) is 0 Å². The maximum Gasteiger partial charge on any atom is 0.00313 e. The van der Waals surface area contributed by atoms with Gasteiger partial charge in [0, 0.05) is 5.33 Å². The lowest BCUT2D eigenvalue weighted by Crippen LogP contribution is -1.82. The Morgan fingerprint density at radius 2 is 2.18 bits per heavy atom. The van der Waals surface area contributed by atoms with Crippen molar-refractivity contribution in [3.8, 4) is 0 Å². The van der Waals surface area contributed by atoms with Gasteiger partial charge in [-0.05, 0) is 41.7 Å². The Labute approximate surface area is 80.8 Å². The third-order valence-electron chi connectivity index (χ3n) is 1.68. The number of aryl methyl sites for hydroxylation is 1. The first-order chi connectivity index (χ1) is 5.43. The SMILES string of the molecule is BrCCCCCc1ccsc1. The molecule has 0 saturated heterocycles. The molecule has 0 nitrogen and oxygen atoms in total. The Bertz CT molecular complexity index is 170. The predicted molar refractivity (Wildman–Crippen MR) is 55.7 cm³/mol. The van der Waals surface area contributed by atoms with Crippen LogP contribution in [0.3, 0.4) is 0 Å². The maximum atomic E-state index is 3.43. The molecule has 0 N–H and O–H groups in total. The van der Waals surface area contributed by atoms with Crippen LogP contribution in [0.5, 0.6) is 0 Å². The first kappa shape index (κ1) is 9.27. The van der Waals surface area contributed by atoms with Crippen molar-refractivity contribution in [1.82, 2.24) is 0 Å². The van der Waals surface area contributed by atoms with E-state index < -0.39 is 0 Å². The van der Waals surface area contributed by atoms with Gasteiger partial charge in [-0.3, -0.25) is 0 Å². The Morgan fingerprint density at radius 1 is 1.27 bits per heavy atom. The lowest BCUT2D eigenvalue weighted by molar-refractivity contribution is 0.725. The summed E-state index contributed by atoms with van der Waals surface area (Å²) < 4.78 is 0. The summed E-state index contributed by atoms with van der Waals surface area (Å²) in [5.74, 6) is 0. The van der Waals surface area contributed by atoms with Crippen LogP contribution < -0.4 is 0 Å². The highest BCUT2D eigenvalue weighted by molar-refractivity contribution is 9.09. The quantitative estimate of drug-likeness (QED) is 0.535. The van der Waals surface area contributed by atoms with E-state index >= 15 is 0 Å². The highest BCUT2D eigenvalue weighted by atomic mass is 79.9. The van der Waals surface area contributed by atoms with E-state index in [-0.39, 0.29) is 0 Å². The Kier molecular flexibility index (Phi) is 4.87. The van der Waals surface area contributed by atoms with Gasteiger partial charge < -0.3 is 0 Å². The van der Waals surface area contributed by atoms with Gasteiger partial charge in [0.1, 0.15) is 0 Å². The van der Waals surface area contributed by atoms with Crippen LogP contribution in [-0.2, 0) is 6.42 Å². The summed E-state index contributed by atoms with van der Waals surface area (Å²) >= 11 is 5.22. The summed E-state index contributed by atoms with van der Waals surface area (Å²) in [5.41, 5.74) is 1.50. The van der Waals surface area contributed by atoms with Gasteiger partial charge in [0.15, 0.2) is 0 Å². The molecule has 0 aliphatic carbocycles. The van der Waals surface area contributed by atoms with Gasteiger partial charge in [-0.1, -0.05) is 22.4 Å². The summed E-state index contributed by atoms with van der Waals surface area (Å²) in [6.07, 6.45) is 5.25. The Balaban J connectivity index is 2.04. The zero-order valence-electron chi connectivity index (χ0n) is 6.55. The van der Waals surface area contributed by atoms with Crippen LogP contribution in [0.25, 0.3) is 0 Å². The fourth-order valence-electron chi connectivity index (χ4n) is 1.04. The number of hydrogen-bond donors (Lipinski definition) is 0. The second-order valence-corrected chi connectivity index (χ2v) is 4.20. The first-order valence-electron chi connectivity index (χ1n) is 4.00. The van der Waals surface area contributed by atoms with Gasteiger partial charge in [0.2, 0.25) is 0 Å². The Hall–Kier alpha value is 0.180. The second kappa shape index (κ2) is 5.78. The predicted octanol–water partition coefficient (Wildman–Crippen LogP) is 3.86. The van der Waals surface area contributed by atoms with Crippen LogP contribution in [0.15, 0.2) is 16.8 Å². The molecule has 1 aromatic heterocycles. The monoisotopic (exact) mass is 232 g/mol. The molecule has 0 spiro atoms. The highest BCUT2D eigenvalue weighted by Crippen LogP contribution is 2.10. The van der Waals surface area contributed by atoms with Gasteiger partial charge in [-0.15, -0.1) is 0 Å². The lowest BCUT2D eigenvalue weighted by atomic mass is 10.1. The molecule has 0 unspecified atom stereocenters. The summed E-state index contributed by atoms with van der Waals surface area (Å²) in [5, 5.41) is 5.55. The van der Waals surface area contributed by atoms with Crippen molar-refractivity contribution >= 4 is 27.3 Å². The van der Waals surface area contributed by atoms with Gasteiger partial charge in [0.25, 0.3) is 0 Å². The van der Waals surface area contributed by atoms with E-state index in [9.17, 15) is 0 Å². The Morgan fingerprint density at radius 3 is 2.82 bits per heavy atom. The molecule has 0 aliphatic heterocycles. The number of rotatable bonds is 5. The van der Waals surface area contributed by atoms with Crippen molar-refractivity contribution in [2.24, 2.45) is 0 Å². The van der Waals surface area contributed by atoms with E-state index in [2.05, 4.69) is 32.8 Å². The van der Waals surface area contributed by atoms with E-state index in [0.717, 1.165) is 5.33 Å². The van der Waals surface area contributed by atoms with Crippen LogP contribution in [0.2, 0.25) is 0 Å². The van der Waals surface area contributed by atoms with Crippen molar-refractivity contribution in [2.45, 2.75) is 25.7 Å². The smallest absolute Gasteiger partial charge is 0.00313 e. The average Bonchev–Trinajstić information content (AvgIpc) is 2.50. The zero-order valence-corrected chi connectivity index (χ0v) is 8.96. The normalized spacial score (nSPS) is 10.3. The van der Waals surface area contributed by atoms with Gasteiger partial charge in [0.05, 0.1) is 0 Å². The molecule has 0 fully saturated rings. The molecule has 2 heteroatoms. The molecule has 62 valence electrons. The summed E-state index contributed by atoms with van der Waals surface area (Å²) in [6, 6.07) is 2.22. The van der Waals surface area contributed by atoms with E-state index in [1.54, 1.807) is 11.3 Å². The summed E-state index contributed by atoms with van der Waals surface area (Å²) in [7, 11) is 0. The largest absolute Gasteiger partial charge is 0.152 e. The van der Waals surface area contributed by atoms with Crippen LogP contribution in [0.4, 0.5) is 0 Å². The molecule has 1 heterocycles. The molecular weight excluding hydrogens is 220 g/mol. The fraction of sp³-hybridized carbons (Fsp3) is 0.556. The van der Waals surface area contributed by atoms with Crippen LogP contribution in [-0.4, -0.2) is 5.33 Å². The molecule has 1 aromatic rings. The van der Waals surface area contributed by atoms with Crippen LogP contribution in [0.1, 0.15) is 24.8 Å². The van der Waals surface area contributed by atoms with Gasteiger partial charge >= 0.3 is 0 Å². The molecular formula is C9H13BrS. The molecule has 0 bridgehead atoms. The molecule has 0 aromatic carbocycles. The summed E-state index contributed by atoms with van der Waals surface area (Å²) in [6.45, 7) is 0. The first-order valence-corrected chi connectivity index (χ1v) is 6.07. The molecule has 1 rings (SSSR count). The van der Waals surface area contributed by atoms with Crippen molar-refractivity contribution in [3.05, 3.63) is 22.4 Å². The number of thiophene rings is 1. The minimum atomic E-state index is 1.15. The molecule has 11 heavy (non-hydrogen) atoms. The second-order valence-electron chi connectivity index (χ2n) is 2.63. The molecule has 0 atom stereocenters. The molecule has 0 aliphatic rings. The standard InChI is InChI=1S/C9H13BrS/c10-6-3-1-2-4-9-5-7-11-8-9/h5,7-8H,1-4,6H2. The molecule has 0 amide bonds. The average molecular weight is 233 g/mol. The van der Waals surface area contributed by atoms with Gasteiger partial charge in [-0.2, -0.15) is 11.3 Å². The topological polar surface area (TPSA) is 0 Å². The third kappa shape index (κ3) is 3.92. The van der Waals surface area contributed by atoms with Crippen molar-refractivity contribution in [3.63, 3.8) is 0 Å². The van der Waals surface area contributed by atoms with Crippen molar-refractivity contribution in [2.75, 3.05) is 5.33 Å². The van der Waals surface area contributed by atoms with E-state index in [4.69, 9.17) is 0 Å². The van der Waals surface area contributed by atoms with Crippen molar-refractivity contribution in [1.29, 1.82) is 0 Å². The number of alkyl halides is 1. The number of hydrogen-bond acceptors (Lipinski definition) is 1. The molecule has 0 saturated carbocycles. The minimum Gasteiger partial charge on any atom is -0.152 e. The zero-order chi connectivity index (χ0) is 7.94. The maximum absolute atomic E-state index is 3.43. The summed E-state index contributed by atoms with van der Waals surface area (Å²) in [4.78, 5) is 0. The van der Waals surface area contributed by atoms with Gasteiger partial charge in [-0.25, -0.2) is 0 Å². The third-order valence-corrected chi connectivity index (χ3v) is 2.97. The van der Waals surface area contributed by atoms with Crippen molar-refractivity contribution < 1.29 is 0 Å².